The molecular weight excluding hydrogens is 351 g/mol. The Labute approximate surface area is 136 Å². The molecule has 0 spiro atoms. The Balaban J connectivity index is 0. The molecule has 0 aromatic rings. The average molecular weight is 384 g/mol. The fraction of sp³-hybridized carbons (Fsp3) is 0.929. The van der Waals surface area contributed by atoms with E-state index in [2.05, 4.69) is 55.1 Å². The number of rotatable bonds is 7. The van der Waals surface area contributed by atoms with Crippen molar-refractivity contribution in [2.75, 3.05) is 33.2 Å². The lowest BCUT2D eigenvalue weighted by Gasteiger charge is -2.24. The molecule has 0 atom stereocenters. The Hall–Kier alpha value is -0.0400. The molecule has 0 heterocycles. The summed E-state index contributed by atoms with van der Waals surface area (Å²) in [5, 5.41) is 6.71. The first-order valence-corrected chi connectivity index (χ1v) is 7.14. The van der Waals surface area contributed by atoms with Crippen LogP contribution >= 0.6 is 24.0 Å². The van der Waals surface area contributed by atoms with Gasteiger partial charge in [0.15, 0.2) is 5.96 Å². The molecule has 0 aliphatic heterocycles. The minimum absolute atomic E-state index is 0. The van der Waals surface area contributed by atoms with Gasteiger partial charge < -0.3 is 15.5 Å². The Kier molecular flexibility index (Phi) is 13.2. The van der Waals surface area contributed by atoms with Crippen molar-refractivity contribution in [1.82, 2.24) is 15.5 Å². The van der Waals surface area contributed by atoms with Gasteiger partial charge in [0.2, 0.25) is 0 Å². The van der Waals surface area contributed by atoms with E-state index in [1.165, 1.54) is 19.4 Å². The van der Waals surface area contributed by atoms with Gasteiger partial charge in [-0.15, -0.1) is 24.0 Å². The molecule has 0 aliphatic rings. The highest BCUT2D eigenvalue weighted by molar-refractivity contribution is 14.0. The Morgan fingerprint density at radius 1 is 1.11 bits per heavy atom. The summed E-state index contributed by atoms with van der Waals surface area (Å²) in [5.41, 5.74) is 0.0586. The van der Waals surface area contributed by atoms with Crippen LogP contribution in [-0.2, 0) is 0 Å². The van der Waals surface area contributed by atoms with Crippen molar-refractivity contribution in [2.24, 2.45) is 4.99 Å². The zero-order valence-electron chi connectivity index (χ0n) is 13.5. The van der Waals surface area contributed by atoms with Crippen LogP contribution in [0.4, 0.5) is 0 Å². The third-order valence-corrected chi connectivity index (χ3v) is 2.80. The van der Waals surface area contributed by atoms with Crippen LogP contribution in [0.3, 0.4) is 0 Å². The topological polar surface area (TPSA) is 39.7 Å². The molecule has 2 N–H and O–H groups in total. The maximum atomic E-state index is 4.22. The monoisotopic (exact) mass is 384 g/mol. The smallest absolute Gasteiger partial charge is 0.191 e. The van der Waals surface area contributed by atoms with Crippen molar-refractivity contribution < 1.29 is 0 Å². The molecule has 0 rings (SSSR count). The van der Waals surface area contributed by atoms with Crippen molar-refractivity contribution in [3.8, 4) is 0 Å². The quantitative estimate of drug-likeness (QED) is 0.307. The number of hydrogen-bond acceptors (Lipinski definition) is 2. The van der Waals surface area contributed by atoms with Crippen LogP contribution < -0.4 is 10.6 Å². The molecule has 19 heavy (non-hydrogen) atoms. The minimum atomic E-state index is 0. The van der Waals surface area contributed by atoms with Crippen molar-refractivity contribution in [1.29, 1.82) is 0 Å². The number of aliphatic imine (C=N–C) groups is 1. The second-order valence-electron chi connectivity index (χ2n) is 5.61. The van der Waals surface area contributed by atoms with Gasteiger partial charge in [-0.1, -0.05) is 13.8 Å². The van der Waals surface area contributed by atoms with E-state index in [0.29, 0.717) is 0 Å². The lowest BCUT2D eigenvalue weighted by molar-refractivity contribution is 0.297. The number of nitrogens with one attached hydrogen (secondary N) is 2. The number of hydrogen-bond donors (Lipinski definition) is 2. The van der Waals surface area contributed by atoms with Crippen molar-refractivity contribution >= 4 is 29.9 Å². The van der Waals surface area contributed by atoms with Gasteiger partial charge in [0.1, 0.15) is 0 Å². The number of halogens is 1. The highest BCUT2D eigenvalue weighted by Gasteiger charge is 2.11. The molecule has 116 valence electrons. The molecule has 4 nitrogen and oxygen atoms in total. The Morgan fingerprint density at radius 2 is 1.68 bits per heavy atom. The standard InChI is InChI=1S/C14H32N4.HI/c1-7-18(8-2)12-10-9-11-16-13(15-6)17-14(3,4)5;/h7-12H2,1-6H3,(H2,15,16,17);1H. The molecule has 0 bridgehead atoms. The molecule has 0 saturated carbocycles. The largest absolute Gasteiger partial charge is 0.356 e. The van der Waals surface area contributed by atoms with E-state index in [1.54, 1.807) is 0 Å². The lowest BCUT2D eigenvalue weighted by atomic mass is 10.1. The molecule has 0 aliphatic carbocycles. The first-order valence-electron chi connectivity index (χ1n) is 7.14. The Morgan fingerprint density at radius 3 is 2.11 bits per heavy atom. The van der Waals surface area contributed by atoms with Gasteiger partial charge in [-0.2, -0.15) is 0 Å². The van der Waals surface area contributed by atoms with Gasteiger partial charge in [-0.3, -0.25) is 4.99 Å². The van der Waals surface area contributed by atoms with Crippen molar-refractivity contribution in [3.63, 3.8) is 0 Å². The van der Waals surface area contributed by atoms with Gasteiger partial charge in [0.05, 0.1) is 0 Å². The summed E-state index contributed by atoms with van der Waals surface area (Å²) in [6.07, 6.45) is 2.42. The van der Waals surface area contributed by atoms with Crippen LogP contribution in [0.15, 0.2) is 4.99 Å². The van der Waals surface area contributed by atoms with E-state index in [0.717, 1.165) is 25.6 Å². The van der Waals surface area contributed by atoms with Crippen LogP contribution in [0.2, 0.25) is 0 Å². The maximum Gasteiger partial charge on any atom is 0.191 e. The molecule has 0 saturated heterocycles. The molecule has 0 radical (unpaired) electrons. The van der Waals surface area contributed by atoms with E-state index >= 15 is 0 Å². The van der Waals surface area contributed by atoms with Crippen LogP contribution in [0.25, 0.3) is 0 Å². The van der Waals surface area contributed by atoms with Crippen molar-refractivity contribution in [3.05, 3.63) is 0 Å². The van der Waals surface area contributed by atoms with E-state index in [1.807, 2.05) is 7.05 Å². The van der Waals surface area contributed by atoms with E-state index in [9.17, 15) is 0 Å². The molecule has 0 aromatic heterocycles. The first-order chi connectivity index (χ1) is 8.42. The summed E-state index contributed by atoms with van der Waals surface area (Å²) in [6.45, 7) is 15.3. The number of unbranched alkanes of at least 4 members (excludes halogenated alkanes) is 1. The zero-order chi connectivity index (χ0) is 14.0. The van der Waals surface area contributed by atoms with Crippen LogP contribution in [-0.4, -0.2) is 49.6 Å². The normalized spacial score (nSPS) is 12.3. The summed E-state index contributed by atoms with van der Waals surface area (Å²) in [5.74, 6) is 0.894. The summed E-state index contributed by atoms with van der Waals surface area (Å²) >= 11 is 0. The summed E-state index contributed by atoms with van der Waals surface area (Å²) in [6, 6.07) is 0. The third-order valence-electron chi connectivity index (χ3n) is 2.80. The second-order valence-corrected chi connectivity index (χ2v) is 5.61. The Bertz CT molecular complexity index is 232. The third kappa shape index (κ3) is 12.7. The summed E-state index contributed by atoms with van der Waals surface area (Å²) in [7, 11) is 1.82. The fourth-order valence-corrected chi connectivity index (χ4v) is 1.74. The fourth-order valence-electron chi connectivity index (χ4n) is 1.74. The average Bonchev–Trinajstić information content (AvgIpc) is 2.30. The second kappa shape index (κ2) is 11.8. The van der Waals surface area contributed by atoms with Crippen LogP contribution in [0.1, 0.15) is 47.5 Å². The predicted octanol–water partition coefficient (Wildman–Crippen LogP) is 2.69. The van der Waals surface area contributed by atoms with E-state index < -0.39 is 0 Å². The first kappa shape index (κ1) is 21.3. The lowest BCUT2D eigenvalue weighted by Crippen LogP contribution is -2.47. The SMILES string of the molecule is CCN(CC)CCCCNC(=NC)NC(C)(C)C.I. The van der Waals surface area contributed by atoms with Gasteiger partial charge in [-0.25, -0.2) is 0 Å². The zero-order valence-corrected chi connectivity index (χ0v) is 15.9. The molecular formula is C14H33IN4. The number of nitrogens with zero attached hydrogens (tertiary/aromatic N) is 2. The minimum Gasteiger partial charge on any atom is -0.356 e. The molecule has 0 fully saturated rings. The highest BCUT2D eigenvalue weighted by atomic mass is 127. The van der Waals surface area contributed by atoms with Crippen molar-refractivity contribution in [2.45, 2.75) is 53.0 Å². The molecule has 5 heteroatoms. The highest BCUT2D eigenvalue weighted by Crippen LogP contribution is 1.98. The molecule has 0 amide bonds. The molecule has 0 aromatic carbocycles. The number of guanidine groups is 1. The summed E-state index contributed by atoms with van der Waals surface area (Å²) in [4.78, 5) is 6.68. The molecule has 0 unspecified atom stereocenters. The summed E-state index contributed by atoms with van der Waals surface area (Å²) < 4.78 is 0. The van der Waals surface area contributed by atoms with Crippen LogP contribution in [0.5, 0.6) is 0 Å². The van der Waals surface area contributed by atoms with E-state index in [-0.39, 0.29) is 29.5 Å². The van der Waals surface area contributed by atoms with Gasteiger partial charge in [0, 0.05) is 19.1 Å². The predicted molar refractivity (Wildman–Crippen MR) is 96.7 cm³/mol. The maximum absolute atomic E-state index is 4.22. The van der Waals surface area contributed by atoms with Gasteiger partial charge >= 0.3 is 0 Å². The van der Waals surface area contributed by atoms with Crippen LogP contribution in [0, 0.1) is 0 Å². The van der Waals surface area contributed by atoms with E-state index in [4.69, 9.17) is 0 Å². The van der Waals surface area contributed by atoms with Gasteiger partial charge in [0.25, 0.3) is 0 Å². The van der Waals surface area contributed by atoms with Gasteiger partial charge in [-0.05, 0) is 53.2 Å².